The van der Waals surface area contributed by atoms with Gasteiger partial charge in [-0.15, -0.1) is 0 Å². The Morgan fingerprint density at radius 3 is 2.62 bits per heavy atom. The zero-order chi connectivity index (χ0) is 16.8. The van der Waals surface area contributed by atoms with Crippen LogP contribution in [0.15, 0.2) is 30.3 Å². The van der Waals surface area contributed by atoms with Crippen LogP contribution in [0.5, 0.6) is 0 Å². The van der Waals surface area contributed by atoms with E-state index in [9.17, 15) is 4.79 Å². The highest BCUT2D eigenvalue weighted by molar-refractivity contribution is 5.78. The van der Waals surface area contributed by atoms with E-state index >= 15 is 0 Å². The summed E-state index contributed by atoms with van der Waals surface area (Å²) in [6.45, 7) is 7.27. The molecule has 4 nitrogen and oxygen atoms in total. The number of nitrogens with one attached hydrogen (secondary N) is 1. The molecule has 1 amide bonds. The van der Waals surface area contributed by atoms with E-state index in [-0.39, 0.29) is 11.9 Å². The fraction of sp³-hybridized carbons (Fsp3) is 0.650. The van der Waals surface area contributed by atoms with E-state index in [4.69, 9.17) is 0 Å². The Labute approximate surface area is 146 Å². The summed E-state index contributed by atoms with van der Waals surface area (Å²) in [6.07, 6.45) is 6.51. The molecule has 2 aliphatic rings. The van der Waals surface area contributed by atoms with Crippen molar-refractivity contribution in [3.05, 3.63) is 35.9 Å². The van der Waals surface area contributed by atoms with Crippen LogP contribution < -0.4 is 5.32 Å². The van der Waals surface area contributed by atoms with Gasteiger partial charge >= 0.3 is 0 Å². The first-order valence-electron chi connectivity index (χ1n) is 9.53. The minimum Gasteiger partial charge on any atom is -0.348 e. The highest BCUT2D eigenvalue weighted by atomic mass is 16.2. The molecule has 2 aliphatic heterocycles. The van der Waals surface area contributed by atoms with E-state index in [1.54, 1.807) is 0 Å². The molecule has 2 atom stereocenters. The van der Waals surface area contributed by atoms with Crippen molar-refractivity contribution in [2.24, 2.45) is 0 Å². The molecule has 2 saturated heterocycles. The number of hydrogen-bond donors (Lipinski definition) is 1. The SMILES string of the molecule is C[C@@H](NC(=O)CN1CCC[C@@H]1CN1CCCCC1)c1ccccc1. The third-order valence-electron chi connectivity index (χ3n) is 5.44. The summed E-state index contributed by atoms with van der Waals surface area (Å²) in [6, 6.07) is 10.8. The monoisotopic (exact) mass is 329 g/mol. The highest BCUT2D eigenvalue weighted by Gasteiger charge is 2.28. The molecule has 0 bridgehead atoms. The van der Waals surface area contributed by atoms with E-state index in [1.807, 2.05) is 18.2 Å². The summed E-state index contributed by atoms with van der Waals surface area (Å²) >= 11 is 0. The Kier molecular flexibility index (Phi) is 6.27. The molecule has 0 radical (unpaired) electrons. The number of likely N-dealkylation sites (tertiary alicyclic amines) is 2. The van der Waals surface area contributed by atoms with Crippen molar-refractivity contribution in [3.8, 4) is 0 Å². The Morgan fingerprint density at radius 2 is 1.88 bits per heavy atom. The Morgan fingerprint density at radius 1 is 1.12 bits per heavy atom. The smallest absolute Gasteiger partial charge is 0.234 e. The molecule has 1 N–H and O–H groups in total. The molecule has 24 heavy (non-hydrogen) atoms. The second kappa shape index (κ2) is 8.63. The first kappa shape index (κ1) is 17.4. The molecule has 0 saturated carbocycles. The standard InChI is InChI=1S/C20H31N3O/c1-17(18-9-4-2-5-10-18)21-20(24)16-23-14-8-11-19(23)15-22-12-6-3-7-13-22/h2,4-5,9-10,17,19H,3,6-8,11-16H2,1H3,(H,21,24)/t17-,19-/m1/s1. The molecule has 132 valence electrons. The van der Waals surface area contributed by atoms with Gasteiger partial charge in [0.15, 0.2) is 0 Å². The predicted molar refractivity (Wildman–Crippen MR) is 97.9 cm³/mol. The van der Waals surface area contributed by atoms with Crippen molar-refractivity contribution >= 4 is 5.91 Å². The third kappa shape index (κ3) is 4.81. The van der Waals surface area contributed by atoms with E-state index in [0.29, 0.717) is 12.6 Å². The van der Waals surface area contributed by atoms with Crippen molar-refractivity contribution in [1.29, 1.82) is 0 Å². The zero-order valence-electron chi connectivity index (χ0n) is 14.9. The Bertz CT molecular complexity index is 513. The molecule has 0 aliphatic carbocycles. The van der Waals surface area contributed by atoms with Crippen LogP contribution >= 0.6 is 0 Å². The van der Waals surface area contributed by atoms with Gasteiger partial charge in [0, 0.05) is 12.6 Å². The van der Waals surface area contributed by atoms with Crippen LogP contribution in [0.2, 0.25) is 0 Å². The molecule has 3 rings (SSSR count). The van der Waals surface area contributed by atoms with Crippen LogP contribution in [0.25, 0.3) is 0 Å². The van der Waals surface area contributed by atoms with Crippen molar-refractivity contribution in [2.75, 3.05) is 32.7 Å². The number of carbonyl (C=O) groups is 1. The molecular formula is C20H31N3O. The quantitative estimate of drug-likeness (QED) is 0.872. The fourth-order valence-electron chi connectivity index (χ4n) is 4.05. The van der Waals surface area contributed by atoms with Crippen molar-refractivity contribution in [2.45, 2.75) is 51.1 Å². The van der Waals surface area contributed by atoms with Gasteiger partial charge in [0.1, 0.15) is 0 Å². The minimum atomic E-state index is 0.0712. The van der Waals surface area contributed by atoms with Crippen LogP contribution in [0.1, 0.15) is 50.6 Å². The molecule has 1 aromatic rings. The maximum Gasteiger partial charge on any atom is 0.234 e. The summed E-state index contributed by atoms with van der Waals surface area (Å²) in [5.74, 6) is 0.150. The maximum atomic E-state index is 12.5. The minimum absolute atomic E-state index is 0.0712. The number of carbonyl (C=O) groups excluding carboxylic acids is 1. The molecular weight excluding hydrogens is 298 g/mol. The van der Waals surface area contributed by atoms with Crippen molar-refractivity contribution < 1.29 is 4.79 Å². The maximum absolute atomic E-state index is 12.5. The predicted octanol–water partition coefficient (Wildman–Crippen LogP) is 2.81. The second-order valence-corrected chi connectivity index (χ2v) is 7.33. The fourth-order valence-corrected chi connectivity index (χ4v) is 4.05. The van der Waals surface area contributed by atoms with Gasteiger partial charge in [-0.2, -0.15) is 0 Å². The Hall–Kier alpha value is -1.39. The average molecular weight is 329 g/mol. The lowest BCUT2D eigenvalue weighted by atomic mass is 10.1. The number of benzene rings is 1. The largest absolute Gasteiger partial charge is 0.348 e. The lowest BCUT2D eigenvalue weighted by molar-refractivity contribution is -0.123. The zero-order valence-corrected chi connectivity index (χ0v) is 14.9. The molecule has 2 heterocycles. The van der Waals surface area contributed by atoms with E-state index in [2.05, 4.69) is 34.2 Å². The number of rotatable bonds is 6. The lowest BCUT2D eigenvalue weighted by Gasteiger charge is -2.32. The normalized spacial score (nSPS) is 24.0. The number of hydrogen-bond acceptors (Lipinski definition) is 3. The van der Waals surface area contributed by atoms with Gasteiger partial charge < -0.3 is 10.2 Å². The highest BCUT2D eigenvalue weighted by Crippen LogP contribution is 2.20. The summed E-state index contributed by atoms with van der Waals surface area (Å²) in [7, 11) is 0. The van der Waals surface area contributed by atoms with Gasteiger partial charge in [-0.1, -0.05) is 36.8 Å². The van der Waals surface area contributed by atoms with Crippen LogP contribution in [-0.4, -0.2) is 54.5 Å². The number of amides is 1. The first-order valence-corrected chi connectivity index (χ1v) is 9.53. The van der Waals surface area contributed by atoms with Gasteiger partial charge in [-0.05, 0) is 57.8 Å². The number of piperidine rings is 1. The molecule has 0 spiro atoms. The van der Waals surface area contributed by atoms with Crippen LogP contribution in [0, 0.1) is 0 Å². The van der Waals surface area contributed by atoms with E-state index in [0.717, 1.165) is 18.7 Å². The Balaban J connectivity index is 1.47. The van der Waals surface area contributed by atoms with Crippen LogP contribution in [0.4, 0.5) is 0 Å². The lowest BCUT2D eigenvalue weighted by Crippen LogP contribution is -2.46. The molecule has 0 unspecified atom stereocenters. The second-order valence-electron chi connectivity index (χ2n) is 7.33. The van der Waals surface area contributed by atoms with Crippen molar-refractivity contribution in [3.63, 3.8) is 0 Å². The average Bonchev–Trinajstić information content (AvgIpc) is 3.03. The van der Waals surface area contributed by atoms with Gasteiger partial charge in [0.25, 0.3) is 0 Å². The third-order valence-corrected chi connectivity index (χ3v) is 5.44. The number of nitrogens with zero attached hydrogens (tertiary/aromatic N) is 2. The first-order chi connectivity index (χ1) is 11.7. The van der Waals surface area contributed by atoms with Gasteiger partial charge in [-0.3, -0.25) is 9.69 Å². The van der Waals surface area contributed by atoms with Crippen LogP contribution in [0.3, 0.4) is 0 Å². The van der Waals surface area contributed by atoms with Gasteiger partial charge in [0.2, 0.25) is 5.91 Å². The van der Waals surface area contributed by atoms with E-state index < -0.39 is 0 Å². The molecule has 2 fully saturated rings. The summed E-state index contributed by atoms with van der Waals surface area (Å²) in [4.78, 5) is 17.4. The van der Waals surface area contributed by atoms with Gasteiger partial charge in [0.05, 0.1) is 12.6 Å². The van der Waals surface area contributed by atoms with Gasteiger partial charge in [-0.25, -0.2) is 0 Å². The molecule has 4 heteroatoms. The van der Waals surface area contributed by atoms with Crippen molar-refractivity contribution in [1.82, 2.24) is 15.1 Å². The molecule has 1 aromatic carbocycles. The van der Waals surface area contributed by atoms with Crippen LogP contribution in [-0.2, 0) is 4.79 Å². The summed E-state index contributed by atoms with van der Waals surface area (Å²) in [5.41, 5.74) is 1.16. The summed E-state index contributed by atoms with van der Waals surface area (Å²) in [5, 5.41) is 3.15. The van der Waals surface area contributed by atoms with E-state index in [1.165, 1.54) is 45.2 Å². The topological polar surface area (TPSA) is 35.6 Å². The summed E-state index contributed by atoms with van der Waals surface area (Å²) < 4.78 is 0. The molecule has 0 aromatic heterocycles.